The number of carbonyl (C=O) groups is 1. The number of rotatable bonds is 7. The first-order valence-corrected chi connectivity index (χ1v) is 13.8. The van der Waals surface area contributed by atoms with Crippen molar-refractivity contribution >= 4 is 27.2 Å². The van der Waals surface area contributed by atoms with Crippen LogP contribution in [0, 0.1) is 0 Å². The minimum atomic E-state index is -4.83. The summed E-state index contributed by atoms with van der Waals surface area (Å²) in [6.45, 7) is 0. The first kappa shape index (κ1) is 27.7. The normalized spacial score (nSPS) is 13.6. The molecule has 5 rings (SSSR count). The zero-order valence-corrected chi connectivity index (χ0v) is 22.3. The first-order valence-electron chi connectivity index (χ1n) is 11.9. The number of ether oxygens (including phenoxy) is 1. The van der Waals surface area contributed by atoms with Gasteiger partial charge in [-0.15, -0.1) is 18.7 Å². The minimum absolute atomic E-state index is 0.140. The molecule has 2 heterocycles. The van der Waals surface area contributed by atoms with Crippen molar-refractivity contribution < 1.29 is 36.2 Å². The van der Waals surface area contributed by atoms with Crippen molar-refractivity contribution in [2.24, 2.45) is 7.05 Å². The number of nitrogens with one attached hydrogen (secondary N) is 2. The SMILES string of the molecule is Cn1nc(C(=O)O)cc1-c1ccc(-c2cccc(S(C)(=O)=O)c2)cc1N1NNC=C1c1ccc(OC(F)(F)F)cc1. The Kier molecular flexibility index (Phi) is 6.97. The van der Waals surface area contributed by atoms with Gasteiger partial charge >= 0.3 is 12.3 Å². The molecule has 1 aliphatic heterocycles. The highest BCUT2D eigenvalue weighted by Crippen LogP contribution is 2.39. The fourth-order valence-corrected chi connectivity index (χ4v) is 5.03. The largest absolute Gasteiger partial charge is 0.573 e. The Bertz CT molecular complexity index is 1780. The molecule has 0 amide bonds. The summed E-state index contributed by atoms with van der Waals surface area (Å²) in [5, 5.41) is 15.2. The number of hydrogen-bond acceptors (Lipinski definition) is 8. The number of hydrazine groups is 2. The van der Waals surface area contributed by atoms with Crippen LogP contribution in [0.4, 0.5) is 18.9 Å². The molecule has 3 N–H and O–H groups in total. The lowest BCUT2D eigenvalue weighted by molar-refractivity contribution is -0.274. The lowest BCUT2D eigenvalue weighted by Crippen LogP contribution is -2.37. The van der Waals surface area contributed by atoms with E-state index in [1.54, 1.807) is 54.7 Å². The van der Waals surface area contributed by atoms with Crippen molar-refractivity contribution in [2.75, 3.05) is 11.3 Å². The van der Waals surface area contributed by atoms with E-state index in [9.17, 15) is 31.5 Å². The van der Waals surface area contributed by atoms with Crippen LogP contribution in [-0.4, -0.2) is 41.9 Å². The van der Waals surface area contributed by atoms with E-state index in [1.807, 2.05) is 0 Å². The topological polar surface area (TPSA) is 126 Å². The molecule has 0 aliphatic carbocycles. The van der Waals surface area contributed by atoms with E-state index >= 15 is 0 Å². The summed E-state index contributed by atoms with van der Waals surface area (Å²) in [5.74, 6) is -1.58. The quantitative estimate of drug-likeness (QED) is 0.286. The van der Waals surface area contributed by atoms with Gasteiger partial charge in [0.05, 0.1) is 22.0 Å². The molecular weight excluding hydrogens is 563 g/mol. The molecule has 3 aromatic carbocycles. The van der Waals surface area contributed by atoms with Gasteiger partial charge in [0.15, 0.2) is 15.5 Å². The molecule has 1 aliphatic rings. The maximum Gasteiger partial charge on any atom is 0.573 e. The number of aryl methyl sites for hydroxylation is 1. The molecule has 4 aromatic rings. The van der Waals surface area contributed by atoms with Crippen molar-refractivity contribution in [3.63, 3.8) is 0 Å². The highest BCUT2D eigenvalue weighted by molar-refractivity contribution is 7.90. The van der Waals surface area contributed by atoms with Gasteiger partial charge in [0, 0.05) is 30.6 Å². The molecule has 0 saturated carbocycles. The van der Waals surface area contributed by atoms with Gasteiger partial charge in [-0.1, -0.05) is 24.3 Å². The van der Waals surface area contributed by atoms with Crippen molar-refractivity contribution in [3.8, 4) is 28.1 Å². The summed E-state index contributed by atoms with van der Waals surface area (Å²) in [5.41, 5.74) is 9.57. The van der Waals surface area contributed by atoms with Crippen LogP contribution in [0.15, 0.2) is 83.9 Å². The van der Waals surface area contributed by atoms with E-state index in [0.717, 1.165) is 6.26 Å². The predicted molar refractivity (Wildman–Crippen MR) is 144 cm³/mol. The number of nitrogens with zero attached hydrogens (tertiary/aromatic N) is 3. The van der Waals surface area contributed by atoms with Crippen LogP contribution >= 0.6 is 0 Å². The number of aromatic carboxylic acids is 1. The maximum atomic E-state index is 12.6. The van der Waals surface area contributed by atoms with Gasteiger partial charge in [-0.05, 0) is 59.7 Å². The van der Waals surface area contributed by atoms with Crippen LogP contribution in [0.2, 0.25) is 0 Å². The molecule has 0 spiro atoms. The number of carboxylic acid groups (broad SMARTS) is 1. The average Bonchev–Trinajstić information content (AvgIpc) is 3.55. The molecule has 10 nitrogen and oxygen atoms in total. The second kappa shape index (κ2) is 10.3. The van der Waals surface area contributed by atoms with E-state index in [-0.39, 0.29) is 16.3 Å². The van der Waals surface area contributed by atoms with Gasteiger partial charge in [-0.25, -0.2) is 13.2 Å². The van der Waals surface area contributed by atoms with Gasteiger partial charge in [0.1, 0.15) is 5.75 Å². The van der Waals surface area contributed by atoms with E-state index in [1.165, 1.54) is 41.1 Å². The van der Waals surface area contributed by atoms with Gasteiger partial charge in [-0.3, -0.25) is 9.69 Å². The number of aromatic nitrogens is 2. The lowest BCUT2D eigenvalue weighted by Gasteiger charge is -2.25. The molecule has 41 heavy (non-hydrogen) atoms. The summed E-state index contributed by atoms with van der Waals surface area (Å²) >= 11 is 0. The highest BCUT2D eigenvalue weighted by atomic mass is 32.2. The molecule has 0 unspecified atom stereocenters. The summed E-state index contributed by atoms with van der Waals surface area (Å²) < 4.78 is 67.7. The fourth-order valence-electron chi connectivity index (χ4n) is 4.36. The van der Waals surface area contributed by atoms with E-state index < -0.39 is 22.2 Å². The number of hydrogen-bond donors (Lipinski definition) is 3. The van der Waals surface area contributed by atoms with Crippen LogP contribution < -0.4 is 20.7 Å². The third kappa shape index (κ3) is 5.88. The number of halogens is 3. The van der Waals surface area contributed by atoms with Crippen molar-refractivity contribution in [2.45, 2.75) is 11.3 Å². The second-order valence-corrected chi connectivity index (χ2v) is 11.1. The number of sulfone groups is 1. The Morgan fingerprint density at radius 1 is 0.976 bits per heavy atom. The predicted octanol–water partition coefficient (Wildman–Crippen LogP) is 4.58. The summed E-state index contributed by atoms with van der Waals surface area (Å²) in [6, 6.07) is 18.4. The number of carboxylic acids is 1. The lowest BCUT2D eigenvalue weighted by atomic mass is 9.99. The van der Waals surface area contributed by atoms with Crippen LogP contribution in [0.1, 0.15) is 16.1 Å². The summed E-state index contributed by atoms with van der Waals surface area (Å²) in [7, 11) is -1.87. The van der Waals surface area contributed by atoms with Gasteiger partial charge < -0.3 is 15.3 Å². The Hall–Kier alpha value is -4.82. The Balaban J connectivity index is 1.62. The molecule has 0 fully saturated rings. The van der Waals surface area contributed by atoms with E-state index in [2.05, 4.69) is 20.8 Å². The summed E-state index contributed by atoms with van der Waals surface area (Å²) in [6.07, 6.45) is -2.11. The molecule has 0 bridgehead atoms. The van der Waals surface area contributed by atoms with Gasteiger partial charge in [-0.2, -0.15) is 5.10 Å². The van der Waals surface area contributed by atoms with Crippen LogP contribution in [0.5, 0.6) is 5.75 Å². The molecule has 0 atom stereocenters. The average molecular weight is 586 g/mol. The molecule has 212 valence electrons. The Morgan fingerprint density at radius 2 is 1.66 bits per heavy atom. The number of alkyl halides is 3. The molecule has 0 radical (unpaired) electrons. The minimum Gasteiger partial charge on any atom is -0.476 e. The Labute approximate surface area is 232 Å². The fraction of sp³-hybridized carbons (Fsp3) is 0.111. The standard InChI is InChI=1S/C27H22F3N5O5S/c1-34-23(14-22(32-34)26(36)37)21-11-8-18(17-4-3-5-20(12-17)41(2,38)39)13-24(21)35-25(15-31-33-35)16-6-9-19(10-7-16)40-27(28,29)30/h3-15,31,33H,1-2H3,(H,36,37). The maximum absolute atomic E-state index is 12.6. The third-order valence-electron chi connectivity index (χ3n) is 6.22. The van der Waals surface area contributed by atoms with Gasteiger partial charge in [0.2, 0.25) is 0 Å². The van der Waals surface area contributed by atoms with Crippen LogP contribution in [0.3, 0.4) is 0 Å². The third-order valence-corrected chi connectivity index (χ3v) is 7.33. The van der Waals surface area contributed by atoms with Crippen LogP contribution in [-0.2, 0) is 16.9 Å². The number of benzene rings is 3. The van der Waals surface area contributed by atoms with Crippen molar-refractivity contribution in [3.05, 3.63) is 90.3 Å². The van der Waals surface area contributed by atoms with E-state index in [4.69, 9.17) is 0 Å². The van der Waals surface area contributed by atoms with Crippen molar-refractivity contribution in [1.82, 2.24) is 20.7 Å². The Morgan fingerprint density at radius 3 is 2.29 bits per heavy atom. The second-order valence-electron chi connectivity index (χ2n) is 9.07. The first-order chi connectivity index (χ1) is 19.3. The molecule has 1 aromatic heterocycles. The molecule has 14 heteroatoms. The van der Waals surface area contributed by atoms with Gasteiger partial charge in [0.25, 0.3) is 0 Å². The zero-order valence-electron chi connectivity index (χ0n) is 21.5. The van der Waals surface area contributed by atoms with Crippen LogP contribution in [0.25, 0.3) is 28.1 Å². The summed E-state index contributed by atoms with van der Waals surface area (Å²) in [4.78, 5) is 11.7. The highest BCUT2D eigenvalue weighted by Gasteiger charge is 2.31. The monoisotopic (exact) mass is 585 g/mol. The molecular formula is C27H22F3N5O5S. The zero-order chi connectivity index (χ0) is 29.5. The molecule has 0 saturated heterocycles. The van der Waals surface area contributed by atoms with Crippen molar-refractivity contribution in [1.29, 1.82) is 0 Å². The van der Waals surface area contributed by atoms with E-state index in [0.29, 0.717) is 39.3 Å². The smallest absolute Gasteiger partial charge is 0.476 e. The number of anilines is 1.